The molecule has 5 nitrogen and oxygen atoms in total. The Balaban J connectivity index is 1.77. The summed E-state index contributed by atoms with van der Waals surface area (Å²) in [6.45, 7) is 3.97. The summed E-state index contributed by atoms with van der Waals surface area (Å²) in [5.74, 6) is 1.26. The van der Waals surface area contributed by atoms with Crippen molar-refractivity contribution in [3.63, 3.8) is 0 Å². The van der Waals surface area contributed by atoms with Crippen LogP contribution in [0, 0.1) is 18.8 Å². The van der Waals surface area contributed by atoms with E-state index in [1.807, 2.05) is 19.1 Å². The summed E-state index contributed by atoms with van der Waals surface area (Å²) in [5.41, 5.74) is 1.93. The van der Waals surface area contributed by atoms with Gasteiger partial charge in [-0.2, -0.15) is 0 Å². The summed E-state index contributed by atoms with van der Waals surface area (Å²) in [7, 11) is -5.59. The molecule has 0 radical (unpaired) electrons. The maximum atomic E-state index is 11.7. The third kappa shape index (κ3) is 3.46. The lowest BCUT2D eigenvalue weighted by molar-refractivity contribution is 0.194. The Morgan fingerprint density at radius 3 is 2.71 bits per heavy atom. The van der Waals surface area contributed by atoms with Gasteiger partial charge in [0.25, 0.3) is 0 Å². The first-order chi connectivity index (χ1) is 12.6. The van der Waals surface area contributed by atoms with E-state index in [1.165, 1.54) is 6.26 Å². The molecule has 0 aromatic heterocycles. The Morgan fingerprint density at radius 1 is 1.29 bits per heavy atom. The van der Waals surface area contributed by atoms with Gasteiger partial charge < -0.3 is 10.1 Å². The van der Waals surface area contributed by atoms with E-state index >= 15 is 0 Å². The quantitative estimate of drug-likeness (QED) is 0.900. The van der Waals surface area contributed by atoms with Crippen LogP contribution in [0.25, 0.3) is 0 Å². The zero-order valence-corrected chi connectivity index (χ0v) is 15.1. The molecule has 1 N–H and O–H groups in total. The van der Waals surface area contributed by atoms with Crippen molar-refractivity contribution in [1.82, 2.24) is 9.62 Å². The minimum absolute atomic E-state index is 0.139. The van der Waals surface area contributed by atoms with E-state index in [0.717, 1.165) is 36.9 Å². The second kappa shape index (κ2) is 7.02. The van der Waals surface area contributed by atoms with Gasteiger partial charge in [0.15, 0.2) is 0 Å². The number of ether oxygens (including phenoxy) is 1. The van der Waals surface area contributed by atoms with Gasteiger partial charge in [-0.25, -0.2) is 12.7 Å². The summed E-state index contributed by atoms with van der Waals surface area (Å²) < 4.78 is 52.3. The monoisotopic (exact) mass is 355 g/mol. The average Bonchev–Trinajstić information content (AvgIpc) is 3.04. The second-order valence-corrected chi connectivity index (χ2v) is 8.94. The molecular formula is C18H28N2O3S. The first-order valence-corrected chi connectivity index (χ1v) is 10.4. The van der Waals surface area contributed by atoms with Crippen molar-refractivity contribution in [2.75, 3.05) is 32.9 Å². The number of nitrogens with zero attached hydrogens (tertiary/aromatic N) is 1. The number of sulfonamides is 1. The van der Waals surface area contributed by atoms with Gasteiger partial charge in [0.1, 0.15) is 5.75 Å². The van der Waals surface area contributed by atoms with Crippen LogP contribution >= 0.6 is 0 Å². The molecule has 2 aliphatic heterocycles. The van der Waals surface area contributed by atoms with E-state index in [9.17, 15) is 8.42 Å². The average molecular weight is 356 g/mol. The van der Waals surface area contributed by atoms with E-state index in [1.54, 1.807) is 10.4 Å². The first kappa shape index (κ1) is 14.1. The highest BCUT2D eigenvalue weighted by Gasteiger charge is 2.37. The Bertz CT molecular complexity index is 775. The van der Waals surface area contributed by atoms with E-state index in [4.69, 9.17) is 8.85 Å². The smallest absolute Gasteiger partial charge is 0.211 e. The van der Waals surface area contributed by atoms with Crippen molar-refractivity contribution in [3.05, 3.63) is 29.3 Å². The van der Waals surface area contributed by atoms with Crippen LogP contribution in [-0.2, 0) is 10.0 Å². The molecule has 0 amide bonds. The van der Waals surface area contributed by atoms with Crippen LogP contribution in [0.5, 0.6) is 5.75 Å². The lowest BCUT2D eigenvalue weighted by atomic mass is 9.77. The van der Waals surface area contributed by atoms with Crippen molar-refractivity contribution in [1.29, 1.82) is 0 Å². The normalized spacial score (nSPS) is 29.0. The molecule has 1 aromatic rings. The molecular weight excluding hydrogens is 324 g/mol. The Labute approximate surface area is 149 Å². The minimum Gasteiger partial charge on any atom is -0.496 e. The van der Waals surface area contributed by atoms with Crippen LogP contribution in [0.1, 0.15) is 40.5 Å². The number of nitrogens with one attached hydrogen (secondary N) is 1. The molecule has 0 saturated carbocycles. The van der Waals surface area contributed by atoms with Gasteiger partial charge in [0.2, 0.25) is 10.0 Å². The van der Waals surface area contributed by atoms with Gasteiger partial charge >= 0.3 is 0 Å². The molecule has 2 aliphatic rings. The molecule has 2 atom stereocenters. The van der Waals surface area contributed by atoms with Gasteiger partial charge in [-0.3, -0.25) is 0 Å². The van der Waals surface area contributed by atoms with Crippen molar-refractivity contribution in [3.8, 4) is 5.75 Å². The highest BCUT2D eigenvalue weighted by molar-refractivity contribution is 7.88. The lowest BCUT2D eigenvalue weighted by Crippen LogP contribution is -2.40. The van der Waals surface area contributed by atoms with Crippen molar-refractivity contribution >= 4 is 10.0 Å². The third-order valence-electron chi connectivity index (χ3n) is 5.61. The fraction of sp³-hybridized carbons (Fsp3) is 0.667. The van der Waals surface area contributed by atoms with Gasteiger partial charge in [0, 0.05) is 19.1 Å². The SMILES string of the molecule is [2H]C([2H])([2H])Oc1cccc([C@H]2NCCC2C2CCN(S(C)(=O)=O)CC2)c1C. The lowest BCUT2D eigenvalue weighted by Gasteiger charge is -2.36. The number of rotatable bonds is 4. The van der Waals surface area contributed by atoms with Crippen molar-refractivity contribution in [2.45, 2.75) is 32.2 Å². The Kier molecular flexibility index (Phi) is 4.12. The highest BCUT2D eigenvalue weighted by Crippen LogP contribution is 2.41. The number of hydrogen-bond donors (Lipinski definition) is 1. The maximum absolute atomic E-state index is 11.7. The summed E-state index contributed by atoms with van der Waals surface area (Å²) in [5, 5.41) is 3.56. The van der Waals surface area contributed by atoms with Crippen LogP contribution in [0.4, 0.5) is 0 Å². The zero-order chi connectivity index (χ0) is 19.8. The molecule has 24 heavy (non-hydrogen) atoms. The highest BCUT2D eigenvalue weighted by atomic mass is 32.2. The number of piperidine rings is 1. The molecule has 0 bridgehead atoms. The predicted octanol–water partition coefficient (Wildman–Crippen LogP) is 2.33. The molecule has 1 unspecified atom stereocenters. The maximum Gasteiger partial charge on any atom is 0.211 e. The Morgan fingerprint density at radius 2 is 2.04 bits per heavy atom. The van der Waals surface area contributed by atoms with E-state index < -0.39 is 17.1 Å². The summed E-state index contributed by atoms with van der Waals surface area (Å²) >= 11 is 0. The van der Waals surface area contributed by atoms with Crippen molar-refractivity contribution in [2.24, 2.45) is 11.8 Å². The van der Waals surface area contributed by atoms with Crippen LogP contribution in [0.15, 0.2) is 18.2 Å². The summed E-state index contributed by atoms with van der Waals surface area (Å²) in [6, 6.07) is 5.70. The number of benzene rings is 1. The molecule has 3 rings (SSSR count). The number of hydrogen-bond acceptors (Lipinski definition) is 4. The standard InChI is InChI=1S/C18H28N2O3S/c1-13-15(5-4-6-17(13)23-2)18-16(7-10-19-18)14-8-11-20(12-9-14)24(3,21)22/h4-6,14,16,18-19H,7-12H2,1-3H3/t16?,18-/m1/s1/i2D3. The molecule has 2 saturated heterocycles. The van der Waals surface area contributed by atoms with E-state index in [0.29, 0.717) is 30.7 Å². The molecule has 1 aromatic carbocycles. The fourth-order valence-electron chi connectivity index (χ4n) is 4.29. The van der Waals surface area contributed by atoms with E-state index in [-0.39, 0.29) is 6.04 Å². The van der Waals surface area contributed by atoms with Gasteiger partial charge in [-0.1, -0.05) is 12.1 Å². The molecule has 134 valence electrons. The van der Waals surface area contributed by atoms with Crippen LogP contribution in [0.3, 0.4) is 0 Å². The summed E-state index contributed by atoms with van der Waals surface area (Å²) in [4.78, 5) is 0. The molecule has 6 heteroatoms. The van der Waals surface area contributed by atoms with Gasteiger partial charge in [-0.05, 0) is 61.8 Å². The van der Waals surface area contributed by atoms with Gasteiger partial charge in [0.05, 0.1) is 17.4 Å². The van der Waals surface area contributed by atoms with Crippen LogP contribution in [-0.4, -0.2) is 45.7 Å². The largest absolute Gasteiger partial charge is 0.496 e. The number of methoxy groups -OCH3 is 1. The minimum atomic E-state index is -3.12. The van der Waals surface area contributed by atoms with Crippen LogP contribution in [0.2, 0.25) is 0 Å². The Hall–Kier alpha value is -1.11. The third-order valence-corrected chi connectivity index (χ3v) is 6.92. The first-order valence-electron chi connectivity index (χ1n) is 10.0. The fourth-order valence-corrected chi connectivity index (χ4v) is 5.16. The molecule has 2 fully saturated rings. The topological polar surface area (TPSA) is 58.6 Å². The zero-order valence-electron chi connectivity index (χ0n) is 17.3. The van der Waals surface area contributed by atoms with E-state index in [2.05, 4.69) is 5.32 Å². The predicted molar refractivity (Wildman–Crippen MR) is 95.7 cm³/mol. The van der Waals surface area contributed by atoms with Gasteiger partial charge in [-0.15, -0.1) is 0 Å². The summed E-state index contributed by atoms with van der Waals surface area (Å²) in [6.07, 6.45) is 4.03. The van der Waals surface area contributed by atoms with Crippen molar-refractivity contribution < 1.29 is 17.3 Å². The molecule has 0 aliphatic carbocycles. The molecule has 2 heterocycles. The second-order valence-electron chi connectivity index (χ2n) is 6.96. The molecule has 0 spiro atoms. The van der Waals surface area contributed by atoms with Crippen LogP contribution < -0.4 is 10.1 Å².